The third kappa shape index (κ3) is 4.04. The van der Waals surface area contributed by atoms with Crippen molar-refractivity contribution in [3.63, 3.8) is 0 Å². The number of terminal acetylenes is 1. The summed E-state index contributed by atoms with van der Waals surface area (Å²) in [6.07, 6.45) is 8.00. The Morgan fingerprint density at radius 1 is 1.38 bits per heavy atom. The van der Waals surface area contributed by atoms with E-state index >= 15 is 0 Å². The van der Waals surface area contributed by atoms with Crippen LogP contribution in [0.3, 0.4) is 0 Å². The van der Waals surface area contributed by atoms with E-state index < -0.39 is 0 Å². The van der Waals surface area contributed by atoms with Crippen LogP contribution < -0.4 is 5.32 Å². The molecule has 1 nitrogen and oxygen atoms in total. The molecule has 2 heteroatoms. The van der Waals surface area contributed by atoms with Gasteiger partial charge in [0.05, 0.1) is 0 Å². The van der Waals surface area contributed by atoms with Gasteiger partial charge in [-0.2, -0.15) is 0 Å². The van der Waals surface area contributed by atoms with Crippen LogP contribution in [0.2, 0.25) is 0 Å². The second-order valence-electron chi connectivity index (χ2n) is 3.76. The van der Waals surface area contributed by atoms with Gasteiger partial charge in [-0.15, -0.1) is 12.3 Å². The first-order valence-corrected chi connectivity index (χ1v) is 5.70. The van der Waals surface area contributed by atoms with Crippen LogP contribution in [-0.4, -0.2) is 6.54 Å². The zero-order valence-electron chi connectivity index (χ0n) is 9.67. The third-order valence-corrected chi connectivity index (χ3v) is 2.54. The Kier molecular flexibility index (Phi) is 5.60. The average Bonchev–Trinajstić information content (AvgIpc) is 2.29. The van der Waals surface area contributed by atoms with Crippen molar-refractivity contribution in [3.8, 4) is 12.3 Å². The van der Waals surface area contributed by atoms with Crippen LogP contribution in [0.25, 0.3) is 0 Å². The van der Waals surface area contributed by atoms with Gasteiger partial charge >= 0.3 is 0 Å². The molecule has 0 saturated heterocycles. The molecule has 1 N–H and O–H groups in total. The number of hydrogen-bond acceptors (Lipinski definition) is 1. The van der Waals surface area contributed by atoms with Crippen LogP contribution in [-0.2, 0) is 0 Å². The van der Waals surface area contributed by atoms with Gasteiger partial charge in [0.25, 0.3) is 0 Å². The molecule has 1 rings (SSSR count). The highest BCUT2D eigenvalue weighted by Gasteiger charge is 2.09. The van der Waals surface area contributed by atoms with E-state index in [9.17, 15) is 4.39 Å². The molecule has 16 heavy (non-hydrogen) atoms. The van der Waals surface area contributed by atoms with Gasteiger partial charge in [-0.1, -0.05) is 19.1 Å². The lowest BCUT2D eigenvalue weighted by Gasteiger charge is -2.17. The van der Waals surface area contributed by atoms with Crippen molar-refractivity contribution in [1.29, 1.82) is 0 Å². The van der Waals surface area contributed by atoms with E-state index in [-0.39, 0.29) is 11.9 Å². The molecule has 1 atom stereocenters. The summed E-state index contributed by atoms with van der Waals surface area (Å²) in [7, 11) is 0. The van der Waals surface area contributed by atoms with Crippen LogP contribution in [0.15, 0.2) is 24.3 Å². The van der Waals surface area contributed by atoms with Crippen LogP contribution in [0, 0.1) is 18.2 Å². The van der Waals surface area contributed by atoms with Crippen molar-refractivity contribution < 1.29 is 4.39 Å². The summed E-state index contributed by atoms with van der Waals surface area (Å²) in [5.74, 6) is 2.45. The highest BCUT2D eigenvalue weighted by Crippen LogP contribution is 2.19. The quantitative estimate of drug-likeness (QED) is 0.572. The lowest BCUT2D eigenvalue weighted by atomic mass is 10.0. The summed E-state index contributed by atoms with van der Waals surface area (Å²) in [5.41, 5.74) is 1.13. The third-order valence-electron chi connectivity index (χ3n) is 2.54. The van der Waals surface area contributed by atoms with Gasteiger partial charge < -0.3 is 5.32 Å². The molecule has 0 heterocycles. The minimum atomic E-state index is -0.192. The maximum Gasteiger partial charge on any atom is 0.123 e. The van der Waals surface area contributed by atoms with Crippen LogP contribution in [0.4, 0.5) is 4.39 Å². The maximum atomic E-state index is 12.8. The Bertz CT molecular complexity index is 337. The van der Waals surface area contributed by atoms with Gasteiger partial charge in [-0.05, 0) is 37.1 Å². The molecule has 0 fully saturated rings. The Morgan fingerprint density at radius 2 is 2.06 bits per heavy atom. The zero-order valence-corrected chi connectivity index (χ0v) is 9.67. The molecule has 1 unspecified atom stereocenters. The SMILES string of the molecule is C#CCCCC(NCC)c1ccc(F)cc1. The average molecular weight is 219 g/mol. The van der Waals surface area contributed by atoms with Crippen molar-refractivity contribution in [1.82, 2.24) is 5.32 Å². The predicted molar refractivity (Wildman–Crippen MR) is 65.5 cm³/mol. The first-order valence-electron chi connectivity index (χ1n) is 5.70. The fourth-order valence-electron chi connectivity index (χ4n) is 1.74. The second kappa shape index (κ2) is 7.03. The Labute approximate surface area is 97.1 Å². The Balaban J connectivity index is 2.62. The van der Waals surface area contributed by atoms with E-state index in [1.165, 1.54) is 12.1 Å². The summed E-state index contributed by atoms with van der Waals surface area (Å²) in [5, 5.41) is 3.39. The topological polar surface area (TPSA) is 12.0 Å². The van der Waals surface area contributed by atoms with E-state index in [0.29, 0.717) is 0 Å². The van der Waals surface area contributed by atoms with E-state index in [1.54, 1.807) is 0 Å². The van der Waals surface area contributed by atoms with Gasteiger partial charge in [-0.3, -0.25) is 0 Å². The first kappa shape index (κ1) is 12.7. The van der Waals surface area contributed by atoms with Crippen LogP contribution in [0.1, 0.15) is 37.8 Å². The summed E-state index contributed by atoms with van der Waals surface area (Å²) >= 11 is 0. The predicted octanol–water partition coefficient (Wildman–Crippen LogP) is 3.28. The molecule has 0 saturated carbocycles. The molecular formula is C14H18FN. The minimum absolute atomic E-state index is 0.192. The number of benzene rings is 1. The summed E-state index contributed by atoms with van der Waals surface area (Å²) in [4.78, 5) is 0. The molecule has 0 bridgehead atoms. The molecule has 0 spiro atoms. The smallest absolute Gasteiger partial charge is 0.123 e. The molecule has 0 aliphatic rings. The van der Waals surface area contributed by atoms with Gasteiger partial charge in [0.15, 0.2) is 0 Å². The molecule has 0 amide bonds. The first-order chi connectivity index (χ1) is 7.77. The van der Waals surface area contributed by atoms with Gasteiger partial charge in [0.2, 0.25) is 0 Å². The van der Waals surface area contributed by atoms with E-state index in [2.05, 4.69) is 18.2 Å². The fourth-order valence-corrected chi connectivity index (χ4v) is 1.74. The normalized spacial score (nSPS) is 12.1. The van der Waals surface area contributed by atoms with Crippen molar-refractivity contribution in [2.24, 2.45) is 0 Å². The van der Waals surface area contributed by atoms with Crippen molar-refractivity contribution >= 4 is 0 Å². The van der Waals surface area contributed by atoms with Gasteiger partial charge in [0, 0.05) is 12.5 Å². The number of halogens is 1. The lowest BCUT2D eigenvalue weighted by molar-refractivity contribution is 0.500. The zero-order chi connectivity index (χ0) is 11.8. The van der Waals surface area contributed by atoms with Gasteiger partial charge in [0.1, 0.15) is 5.82 Å². The van der Waals surface area contributed by atoms with E-state index in [1.807, 2.05) is 12.1 Å². The standard InChI is InChI=1S/C14H18FN/c1-3-5-6-7-14(16-4-2)12-8-10-13(15)11-9-12/h1,8-11,14,16H,4-7H2,2H3. The summed E-state index contributed by atoms with van der Waals surface area (Å²) in [6.45, 7) is 2.97. The molecule has 86 valence electrons. The molecule has 1 aromatic carbocycles. The lowest BCUT2D eigenvalue weighted by Crippen LogP contribution is -2.20. The number of nitrogens with one attached hydrogen (secondary N) is 1. The number of hydrogen-bond donors (Lipinski definition) is 1. The second-order valence-corrected chi connectivity index (χ2v) is 3.76. The van der Waals surface area contributed by atoms with Crippen molar-refractivity contribution in [3.05, 3.63) is 35.6 Å². The maximum absolute atomic E-state index is 12.8. The molecular weight excluding hydrogens is 201 g/mol. The molecule has 1 aromatic rings. The summed E-state index contributed by atoms with van der Waals surface area (Å²) in [6, 6.07) is 6.94. The Morgan fingerprint density at radius 3 is 2.62 bits per heavy atom. The number of rotatable bonds is 6. The number of unbranched alkanes of at least 4 members (excludes halogenated alkanes) is 1. The van der Waals surface area contributed by atoms with E-state index in [0.717, 1.165) is 31.4 Å². The Hall–Kier alpha value is -1.33. The molecule has 0 aliphatic heterocycles. The van der Waals surface area contributed by atoms with E-state index in [4.69, 9.17) is 6.42 Å². The minimum Gasteiger partial charge on any atom is -0.310 e. The molecule has 0 aromatic heterocycles. The molecule has 0 aliphatic carbocycles. The van der Waals surface area contributed by atoms with Crippen molar-refractivity contribution in [2.45, 2.75) is 32.2 Å². The fraction of sp³-hybridized carbons (Fsp3) is 0.429. The summed E-state index contributed by atoms with van der Waals surface area (Å²) < 4.78 is 12.8. The molecule has 0 radical (unpaired) electrons. The van der Waals surface area contributed by atoms with Crippen LogP contribution >= 0.6 is 0 Å². The highest BCUT2D eigenvalue weighted by atomic mass is 19.1. The van der Waals surface area contributed by atoms with Gasteiger partial charge in [-0.25, -0.2) is 4.39 Å². The highest BCUT2D eigenvalue weighted by molar-refractivity contribution is 5.19. The monoisotopic (exact) mass is 219 g/mol. The van der Waals surface area contributed by atoms with Crippen LogP contribution in [0.5, 0.6) is 0 Å². The van der Waals surface area contributed by atoms with Crippen molar-refractivity contribution in [2.75, 3.05) is 6.54 Å². The largest absolute Gasteiger partial charge is 0.310 e.